The van der Waals surface area contributed by atoms with Crippen molar-refractivity contribution < 1.29 is 8.42 Å². The van der Waals surface area contributed by atoms with Crippen molar-refractivity contribution in [3.05, 3.63) is 24.5 Å². The molecule has 3 N–H and O–H groups in total. The standard InChI is InChI=1S/C10H17N3O2S/c1-8(11)6-9(2)13-16(14,15)10-4-3-5-12-7-10/h3-5,7-9,13H,6,11H2,1-2H3. The number of pyridine rings is 1. The van der Waals surface area contributed by atoms with Crippen LogP contribution in [-0.4, -0.2) is 25.5 Å². The van der Waals surface area contributed by atoms with Crippen molar-refractivity contribution in [3.63, 3.8) is 0 Å². The molecule has 0 saturated heterocycles. The predicted octanol–water partition coefficient (Wildman–Crippen LogP) is 0.486. The van der Waals surface area contributed by atoms with Crippen molar-refractivity contribution in [3.8, 4) is 0 Å². The van der Waals surface area contributed by atoms with E-state index in [0.29, 0.717) is 6.42 Å². The van der Waals surface area contributed by atoms with Crippen LogP contribution in [0.15, 0.2) is 29.4 Å². The lowest BCUT2D eigenvalue weighted by Crippen LogP contribution is -2.36. The first kappa shape index (κ1) is 13.1. The lowest BCUT2D eigenvalue weighted by atomic mass is 10.1. The molecule has 2 unspecified atom stereocenters. The van der Waals surface area contributed by atoms with E-state index < -0.39 is 10.0 Å². The number of sulfonamides is 1. The van der Waals surface area contributed by atoms with Gasteiger partial charge < -0.3 is 5.73 Å². The molecule has 0 aliphatic heterocycles. The third-order valence-electron chi connectivity index (χ3n) is 2.03. The van der Waals surface area contributed by atoms with E-state index in [1.54, 1.807) is 13.0 Å². The highest BCUT2D eigenvalue weighted by atomic mass is 32.2. The second kappa shape index (κ2) is 5.38. The Labute approximate surface area is 96.1 Å². The van der Waals surface area contributed by atoms with Crippen LogP contribution in [0.5, 0.6) is 0 Å². The minimum atomic E-state index is -3.47. The molecule has 0 saturated carbocycles. The van der Waals surface area contributed by atoms with Gasteiger partial charge in [-0.1, -0.05) is 0 Å². The van der Waals surface area contributed by atoms with Gasteiger partial charge in [-0.25, -0.2) is 13.1 Å². The molecule has 0 bridgehead atoms. The van der Waals surface area contributed by atoms with Crippen molar-refractivity contribution in [1.82, 2.24) is 9.71 Å². The summed E-state index contributed by atoms with van der Waals surface area (Å²) in [6.07, 6.45) is 3.45. The van der Waals surface area contributed by atoms with Gasteiger partial charge in [-0.15, -0.1) is 0 Å². The summed E-state index contributed by atoms with van der Waals surface area (Å²) in [5.74, 6) is 0. The van der Waals surface area contributed by atoms with Crippen molar-refractivity contribution in [2.24, 2.45) is 5.73 Å². The minimum absolute atomic E-state index is 0.0356. The summed E-state index contributed by atoms with van der Waals surface area (Å²) < 4.78 is 26.2. The zero-order chi connectivity index (χ0) is 12.2. The molecule has 1 heterocycles. The number of nitrogens with one attached hydrogen (secondary N) is 1. The van der Waals surface area contributed by atoms with Crippen LogP contribution in [0.2, 0.25) is 0 Å². The molecule has 0 aromatic carbocycles. The molecule has 0 fully saturated rings. The number of rotatable bonds is 5. The van der Waals surface area contributed by atoms with Gasteiger partial charge in [-0.3, -0.25) is 4.98 Å². The third kappa shape index (κ3) is 3.88. The smallest absolute Gasteiger partial charge is 0.242 e. The van der Waals surface area contributed by atoms with Crippen LogP contribution in [0.3, 0.4) is 0 Å². The quantitative estimate of drug-likeness (QED) is 0.788. The van der Waals surface area contributed by atoms with Crippen molar-refractivity contribution >= 4 is 10.0 Å². The van der Waals surface area contributed by atoms with Gasteiger partial charge in [0, 0.05) is 24.5 Å². The molecule has 0 amide bonds. The molecule has 0 aliphatic rings. The SMILES string of the molecule is CC(N)CC(C)NS(=O)(=O)c1cccnc1. The normalized spacial score (nSPS) is 15.7. The zero-order valence-corrected chi connectivity index (χ0v) is 10.2. The summed E-state index contributed by atoms with van der Waals surface area (Å²) in [5, 5.41) is 0. The lowest BCUT2D eigenvalue weighted by molar-refractivity contribution is 0.519. The van der Waals surface area contributed by atoms with Gasteiger partial charge in [0.15, 0.2) is 0 Å². The molecule has 0 aliphatic carbocycles. The molecule has 5 nitrogen and oxygen atoms in total. The van der Waals surface area contributed by atoms with Crippen LogP contribution in [0.4, 0.5) is 0 Å². The van der Waals surface area contributed by atoms with E-state index in [-0.39, 0.29) is 17.0 Å². The van der Waals surface area contributed by atoms with Crippen molar-refractivity contribution in [2.75, 3.05) is 0 Å². The van der Waals surface area contributed by atoms with Crippen molar-refractivity contribution in [1.29, 1.82) is 0 Å². The molecular weight excluding hydrogens is 226 g/mol. The second-order valence-electron chi connectivity index (χ2n) is 3.92. The fourth-order valence-electron chi connectivity index (χ4n) is 1.44. The molecule has 1 aromatic rings. The van der Waals surface area contributed by atoms with Crippen LogP contribution in [0.25, 0.3) is 0 Å². The average molecular weight is 243 g/mol. The topological polar surface area (TPSA) is 85.1 Å². The van der Waals surface area contributed by atoms with E-state index >= 15 is 0 Å². The van der Waals surface area contributed by atoms with Crippen molar-refractivity contribution in [2.45, 2.75) is 37.2 Å². The van der Waals surface area contributed by atoms with Crippen LogP contribution in [-0.2, 0) is 10.0 Å². The molecule has 1 aromatic heterocycles. The molecule has 0 spiro atoms. The largest absolute Gasteiger partial charge is 0.328 e. The highest BCUT2D eigenvalue weighted by Crippen LogP contribution is 2.07. The fourth-order valence-corrected chi connectivity index (χ4v) is 2.66. The van der Waals surface area contributed by atoms with E-state index in [0.717, 1.165) is 0 Å². The second-order valence-corrected chi connectivity index (χ2v) is 5.64. The summed E-state index contributed by atoms with van der Waals surface area (Å²) >= 11 is 0. The lowest BCUT2D eigenvalue weighted by Gasteiger charge is -2.15. The van der Waals surface area contributed by atoms with E-state index in [9.17, 15) is 8.42 Å². The molecular formula is C10H17N3O2S. The number of aromatic nitrogens is 1. The highest BCUT2D eigenvalue weighted by molar-refractivity contribution is 7.89. The Morgan fingerprint density at radius 2 is 2.19 bits per heavy atom. The highest BCUT2D eigenvalue weighted by Gasteiger charge is 2.17. The Hall–Kier alpha value is -0.980. The molecule has 6 heteroatoms. The van der Waals surface area contributed by atoms with Gasteiger partial charge in [-0.05, 0) is 32.4 Å². The summed E-state index contributed by atoms with van der Waals surface area (Å²) in [6.45, 7) is 3.63. The fraction of sp³-hybridized carbons (Fsp3) is 0.500. The predicted molar refractivity (Wildman–Crippen MR) is 62.3 cm³/mol. The summed E-state index contributed by atoms with van der Waals surface area (Å²) in [4.78, 5) is 3.95. The van der Waals surface area contributed by atoms with Gasteiger partial charge in [0.2, 0.25) is 10.0 Å². The van der Waals surface area contributed by atoms with E-state index in [4.69, 9.17) is 5.73 Å². The Kier molecular flexibility index (Phi) is 4.40. The van der Waals surface area contributed by atoms with E-state index in [2.05, 4.69) is 9.71 Å². The van der Waals surface area contributed by atoms with Crippen LogP contribution >= 0.6 is 0 Å². The monoisotopic (exact) mass is 243 g/mol. The third-order valence-corrected chi connectivity index (χ3v) is 3.60. The first-order valence-corrected chi connectivity index (χ1v) is 6.58. The van der Waals surface area contributed by atoms with Crippen LogP contribution < -0.4 is 10.5 Å². The Balaban J connectivity index is 2.73. The Bertz CT molecular complexity index is 417. The number of nitrogens with two attached hydrogens (primary N) is 1. The van der Waals surface area contributed by atoms with Gasteiger partial charge in [0.25, 0.3) is 0 Å². The number of hydrogen-bond donors (Lipinski definition) is 2. The molecule has 90 valence electrons. The number of nitrogens with zero attached hydrogens (tertiary/aromatic N) is 1. The maximum Gasteiger partial charge on any atom is 0.242 e. The molecule has 2 atom stereocenters. The first-order chi connectivity index (χ1) is 7.42. The summed E-state index contributed by atoms with van der Waals surface area (Å²) in [7, 11) is -3.47. The summed E-state index contributed by atoms with van der Waals surface area (Å²) in [6, 6.07) is 2.87. The molecule has 1 rings (SSSR count). The van der Waals surface area contributed by atoms with Gasteiger partial charge >= 0.3 is 0 Å². The zero-order valence-electron chi connectivity index (χ0n) is 9.42. The van der Waals surface area contributed by atoms with Gasteiger partial charge in [0.05, 0.1) is 0 Å². The van der Waals surface area contributed by atoms with E-state index in [1.165, 1.54) is 18.5 Å². The van der Waals surface area contributed by atoms with Gasteiger partial charge in [0.1, 0.15) is 4.90 Å². The minimum Gasteiger partial charge on any atom is -0.328 e. The Morgan fingerprint density at radius 3 is 2.69 bits per heavy atom. The Morgan fingerprint density at radius 1 is 1.50 bits per heavy atom. The van der Waals surface area contributed by atoms with Crippen LogP contribution in [0, 0.1) is 0 Å². The average Bonchev–Trinajstić information content (AvgIpc) is 2.16. The summed E-state index contributed by atoms with van der Waals surface area (Å²) in [5.41, 5.74) is 5.60. The van der Waals surface area contributed by atoms with Gasteiger partial charge in [-0.2, -0.15) is 0 Å². The maximum absolute atomic E-state index is 11.8. The maximum atomic E-state index is 11.8. The molecule has 16 heavy (non-hydrogen) atoms. The number of hydrogen-bond acceptors (Lipinski definition) is 4. The van der Waals surface area contributed by atoms with E-state index in [1.807, 2.05) is 6.92 Å². The first-order valence-electron chi connectivity index (χ1n) is 5.10. The molecule has 0 radical (unpaired) electrons. The van der Waals surface area contributed by atoms with Crippen LogP contribution in [0.1, 0.15) is 20.3 Å².